The van der Waals surface area contributed by atoms with Gasteiger partial charge in [-0.25, -0.2) is 5.11 Å². The fourth-order valence-electron chi connectivity index (χ4n) is 0.249. The molecule has 0 bridgehead atoms. The quantitative estimate of drug-likeness (QED) is 0.407. The Hall–Kier alpha value is -0.340. The van der Waals surface area contributed by atoms with E-state index in [9.17, 15) is 5.11 Å². The topological polar surface area (TPSA) is 31.9 Å². The van der Waals surface area contributed by atoms with Crippen molar-refractivity contribution >= 4 is 0 Å². The highest BCUT2D eigenvalue weighted by Crippen LogP contribution is 1.69. The monoisotopic (exact) mass is 100 g/mol. The molecule has 0 aromatic carbocycles. The molecule has 1 atom stereocenters. The Morgan fingerprint density at radius 2 is 2.57 bits per heavy atom. The van der Waals surface area contributed by atoms with Crippen LogP contribution in [0.15, 0.2) is 12.7 Å². The van der Waals surface area contributed by atoms with Gasteiger partial charge in [-0.15, -0.1) is 6.58 Å². The highest BCUT2D eigenvalue weighted by Gasteiger charge is 1.88. The van der Waals surface area contributed by atoms with Crippen LogP contribution >= 0.6 is 0 Å². The van der Waals surface area contributed by atoms with E-state index >= 15 is 0 Å². The fraction of sp³-hybridized carbons (Fsp3) is 0.600. The van der Waals surface area contributed by atoms with Crippen molar-refractivity contribution < 1.29 is 5.11 Å². The Bertz CT molecular complexity index is 52.0. The third-order valence-electron chi connectivity index (χ3n) is 0.550. The molecule has 1 radical (unpaired) electrons. The molecule has 1 unspecified atom stereocenters. The molecule has 0 aliphatic heterocycles. The lowest BCUT2D eigenvalue weighted by atomic mass is 10.6. The highest BCUT2D eigenvalue weighted by molar-refractivity contribution is 4.69. The van der Waals surface area contributed by atoms with Crippen molar-refractivity contribution in [3.63, 3.8) is 0 Å². The minimum atomic E-state index is -0.669. The zero-order chi connectivity index (χ0) is 5.70. The molecule has 0 aromatic rings. The van der Waals surface area contributed by atoms with Crippen molar-refractivity contribution in [2.75, 3.05) is 6.54 Å². The number of rotatable bonds is 3. The number of nitrogens with one attached hydrogen (secondary N) is 1. The van der Waals surface area contributed by atoms with Crippen LogP contribution in [-0.2, 0) is 5.11 Å². The molecule has 0 spiro atoms. The van der Waals surface area contributed by atoms with Gasteiger partial charge in [0.2, 0.25) is 0 Å². The van der Waals surface area contributed by atoms with Crippen LogP contribution in [0.3, 0.4) is 0 Å². The molecular formula is C5H10NO. The van der Waals surface area contributed by atoms with E-state index in [1.807, 2.05) is 0 Å². The lowest BCUT2D eigenvalue weighted by molar-refractivity contribution is 0.0787. The lowest BCUT2D eigenvalue weighted by Crippen LogP contribution is -2.23. The summed E-state index contributed by atoms with van der Waals surface area (Å²) >= 11 is 0. The molecule has 0 aliphatic rings. The van der Waals surface area contributed by atoms with E-state index in [4.69, 9.17) is 0 Å². The Morgan fingerprint density at radius 1 is 2.00 bits per heavy atom. The van der Waals surface area contributed by atoms with Crippen molar-refractivity contribution in [3.05, 3.63) is 12.7 Å². The summed E-state index contributed by atoms with van der Waals surface area (Å²) in [5, 5.41) is 12.7. The molecule has 2 nitrogen and oxygen atoms in total. The molecule has 0 saturated heterocycles. The first-order valence-electron chi connectivity index (χ1n) is 2.27. The predicted molar refractivity (Wildman–Crippen MR) is 28.3 cm³/mol. The summed E-state index contributed by atoms with van der Waals surface area (Å²) in [6, 6.07) is 0. The average Bonchev–Trinajstić information content (AvgIpc) is 1.61. The summed E-state index contributed by atoms with van der Waals surface area (Å²) in [6.07, 6.45) is 0.993. The maximum absolute atomic E-state index is 10.1. The second-order valence-electron chi connectivity index (χ2n) is 1.34. The zero-order valence-electron chi connectivity index (χ0n) is 4.48. The number of hydrogen-bond acceptors (Lipinski definition) is 1. The predicted octanol–water partition coefficient (Wildman–Crippen LogP) is 0.538. The van der Waals surface area contributed by atoms with Crippen LogP contribution in [0.1, 0.15) is 6.92 Å². The molecule has 41 valence electrons. The van der Waals surface area contributed by atoms with Crippen LogP contribution in [-0.4, -0.2) is 12.8 Å². The van der Waals surface area contributed by atoms with E-state index in [1.165, 1.54) is 0 Å². The van der Waals surface area contributed by atoms with Crippen LogP contribution in [0.5, 0.6) is 0 Å². The fourth-order valence-corrected chi connectivity index (χ4v) is 0.249. The van der Waals surface area contributed by atoms with E-state index in [0.717, 1.165) is 0 Å². The Labute approximate surface area is 43.9 Å². The normalized spacial score (nSPS) is 13.4. The van der Waals surface area contributed by atoms with Crippen molar-refractivity contribution in [3.8, 4) is 0 Å². The number of hydrogen-bond donors (Lipinski definition) is 1. The zero-order valence-corrected chi connectivity index (χ0v) is 4.48. The summed E-state index contributed by atoms with van der Waals surface area (Å²) in [7, 11) is 0. The first-order chi connectivity index (χ1) is 3.27. The molecule has 0 rings (SSSR count). The van der Waals surface area contributed by atoms with Gasteiger partial charge in [0.1, 0.15) is 6.23 Å². The van der Waals surface area contributed by atoms with Crippen LogP contribution in [0.2, 0.25) is 0 Å². The molecular weight excluding hydrogens is 90.1 g/mol. The van der Waals surface area contributed by atoms with E-state index in [0.29, 0.717) is 6.54 Å². The molecule has 0 aliphatic carbocycles. The van der Waals surface area contributed by atoms with E-state index < -0.39 is 6.23 Å². The largest absolute Gasteiger partial charge is 0.286 e. The summed E-state index contributed by atoms with van der Waals surface area (Å²) in [6.45, 7) is 5.59. The minimum absolute atomic E-state index is 0.602. The molecule has 1 N–H and O–H groups in total. The molecule has 0 amide bonds. The molecule has 0 aromatic heterocycles. The summed E-state index contributed by atoms with van der Waals surface area (Å²) in [5.41, 5.74) is 0. The first kappa shape index (κ1) is 6.66. The average molecular weight is 100 g/mol. The van der Waals surface area contributed by atoms with Gasteiger partial charge in [0.05, 0.1) is 0 Å². The lowest BCUT2D eigenvalue weighted by Gasteiger charge is -1.98. The Kier molecular flexibility index (Phi) is 3.65. The van der Waals surface area contributed by atoms with Gasteiger partial charge in [0, 0.05) is 6.54 Å². The van der Waals surface area contributed by atoms with Gasteiger partial charge in [-0.2, -0.15) is 0 Å². The van der Waals surface area contributed by atoms with E-state index in [-0.39, 0.29) is 0 Å². The van der Waals surface area contributed by atoms with Gasteiger partial charge in [-0.3, -0.25) is 5.32 Å². The standard InChI is InChI=1S/C5H10NO/c1-3-4-6-5(2)7/h3,5-6H,1,4H2,2H3. The third kappa shape index (κ3) is 5.66. The second kappa shape index (κ2) is 3.84. The minimum Gasteiger partial charge on any atom is -0.286 e. The van der Waals surface area contributed by atoms with Crippen LogP contribution in [0.4, 0.5) is 0 Å². The van der Waals surface area contributed by atoms with Gasteiger partial charge in [0.15, 0.2) is 0 Å². The van der Waals surface area contributed by atoms with Crippen LogP contribution in [0.25, 0.3) is 0 Å². The summed E-state index contributed by atoms with van der Waals surface area (Å²) < 4.78 is 0. The Balaban J connectivity index is 2.81. The molecule has 2 heteroatoms. The second-order valence-corrected chi connectivity index (χ2v) is 1.34. The van der Waals surface area contributed by atoms with E-state index in [2.05, 4.69) is 11.9 Å². The SMILES string of the molecule is C=CCNC(C)[O]. The van der Waals surface area contributed by atoms with Crippen LogP contribution in [0, 0.1) is 0 Å². The highest BCUT2D eigenvalue weighted by atomic mass is 16.3. The molecule has 0 fully saturated rings. The van der Waals surface area contributed by atoms with Gasteiger partial charge < -0.3 is 0 Å². The van der Waals surface area contributed by atoms with Crippen molar-refractivity contribution in [1.82, 2.24) is 5.32 Å². The summed E-state index contributed by atoms with van der Waals surface area (Å²) in [5.74, 6) is 0. The van der Waals surface area contributed by atoms with E-state index in [1.54, 1.807) is 13.0 Å². The first-order valence-corrected chi connectivity index (χ1v) is 2.27. The Morgan fingerprint density at radius 3 is 2.71 bits per heavy atom. The van der Waals surface area contributed by atoms with Gasteiger partial charge in [-0.05, 0) is 6.92 Å². The molecule has 0 heterocycles. The van der Waals surface area contributed by atoms with Crippen molar-refractivity contribution in [2.45, 2.75) is 13.2 Å². The van der Waals surface area contributed by atoms with Crippen molar-refractivity contribution in [1.29, 1.82) is 0 Å². The maximum atomic E-state index is 10.1. The van der Waals surface area contributed by atoms with Crippen molar-refractivity contribution in [2.24, 2.45) is 0 Å². The molecule has 0 saturated carbocycles. The van der Waals surface area contributed by atoms with Gasteiger partial charge in [0.25, 0.3) is 0 Å². The van der Waals surface area contributed by atoms with Crippen LogP contribution < -0.4 is 5.32 Å². The summed E-state index contributed by atoms with van der Waals surface area (Å²) in [4.78, 5) is 0. The maximum Gasteiger partial charge on any atom is 0.141 e. The smallest absolute Gasteiger partial charge is 0.141 e. The molecule has 7 heavy (non-hydrogen) atoms. The van der Waals surface area contributed by atoms with Gasteiger partial charge >= 0.3 is 0 Å². The van der Waals surface area contributed by atoms with Gasteiger partial charge in [-0.1, -0.05) is 6.08 Å². The third-order valence-corrected chi connectivity index (χ3v) is 0.550.